The number of carboxylic acids is 1. The Morgan fingerprint density at radius 1 is 0.762 bits per heavy atom. The molecule has 0 heterocycles. The van der Waals surface area contributed by atoms with Crippen LogP contribution in [0, 0.1) is 0 Å². The fourth-order valence-electron chi connectivity index (χ4n) is 2.43. The third-order valence-corrected chi connectivity index (χ3v) is 3.41. The largest absolute Gasteiger partial charge is 0.478 e. The molecular weight excluding hydrogens is 260 g/mol. The molecule has 0 aromatic heterocycles. The second-order valence-corrected chi connectivity index (χ2v) is 4.82. The third kappa shape index (κ3) is 2.84. The van der Waals surface area contributed by atoms with Crippen molar-refractivity contribution in [1.29, 1.82) is 0 Å². The Kier molecular flexibility index (Phi) is 3.52. The summed E-state index contributed by atoms with van der Waals surface area (Å²) in [5, 5.41) is 11.4. The van der Waals surface area contributed by atoms with Crippen LogP contribution in [0.2, 0.25) is 0 Å². The van der Waals surface area contributed by atoms with E-state index < -0.39 is 5.97 Å². The Balaban J connectivity index is 2.17. The van der Waals surface area contributed by atoms with Crippen LogP contribution in [0.3, 0.4) is 0 Å². The Hall–Kier alpha value is -2.87. The zero-order valence-electron chi connectivity index (χ0n) is 11.4. The lowest BCUT2D eigenvalue weighted by Crippen LogP contribution is -1.94. The van der Waals surface area contributed by atoms with E-state index in [1.807, 2.05) is 72.8 Å². The normalized spacial score (nSPS) is 11.5. The van der Waals surface area contributed by atoms with Crippen molar-refractivity contribution < 1.29 is 9.90 Å². The van der Waals surface area contributed by atoms with E-state index >= 15 is 0 Å². The van der Waals surface area contributed by atoms with Gasteiger partial charge in [0.05, 0.1) is 0 Å². The monoisotopic (exact) mass is 274 g/mol. The number of fused-ring (bicyclic) bond motifs is 1. The Morgan fingerprint density at radius 3 is 2.14 bits per heavy atom. The molecule has 0 radical (unpaired) electrons. The van der Waals surface area contributed by atoms with Crippen molar-refractivity contribution >= 4 is 22.3 Å². The Labute approximate surface area is 123 Å². The van der Waals surface area contributed by atoms with Crippen LogP contribution in [-0.2, 0) is 4.79 Å². The molecule has 2 nitrogen and oxygen atoms in total. The van der Waals surface area contributed by atoms with Crippen LogP contribution in [0.5, 0.6) is 0 Å². The lowest BCUT2D eigenvalue weighted by molar-refractivity contribution is -0.131. The molecule has 2 heteroatoms. The summed E-state index contributed by atoms with van der Waals surface area (Å²) in [5.74, 6) is -0.943. The molecule has 0 unspecified atom stereocenters. The summed E-state index contributed by atoms with van der Waals surface area (Å²) in [4.78, 5) is 11.1. The highest BCUT2D eigenvalue weighted by Crippen LogP contribution is 2.26. The summed E-state index contributed by atoms with van der Waals surface area (Å²) in [6.07, 6.45) is 1.26. The lowest BCUT2D eigenvalue weighted by atomic mass is 9.95. The number of hydrogen-bond donors (Lipinski definition) is 1. The van der Waals surface area contributed by atoms with E-state index in [-0.39, 0.29) is 0 Å². The lowest BCUT2D eigenvalue weighted by Gasteiger charge is -2.09. The van der Waals surface area contributed by atoms with E-state index in [2.05, 4.69) is 0 Å². The van der Waals surface area contributed by atoms with Crippen molar-refractivity contribution in [2.24, 2.45) is 0 Å². The van der Waals surface area contributed by atoms with E-state index in [4.69, 9.17) is 5.11 Å². The zero-order valence-corrected chi connectivity index (χ0v) is 11.4. The predicted octanol–water partition coefficient (Wildman–Crippen LogP) is 4.36. The second-order valence-electron chi connectivity index (χ2n) is 4.82. The number of aliphatic carboxylic acids is 1. The molecule has 0 bridgehead atoms. The second kappa shape index (κ2) is 5.63. The molecule has 1 N–H and O–H groups in total. The predicted molar refractivity (Wildman–Crippen MR) is 85.1 cm³/mol. The van der Waals surface area contributed by atoms with Gasteiger partial charge in [0.1, 0.15) is 0 Å². The van der Waals surface area contributed by atoms with Gasteiger partial charge >= 0.3 is 5.97 Å². The van der Waals surface area contributed by atoms with E-state index in [1.54, 1.807) is 0 Å². The van der Waals surface area contributed by atoms with Gasteiger partial charge in [-0.15, -0.1) is 0 Å². The number of benzene rings is 3. The van der Waals surface area contributed by atoms with E-state index in [1.165, 1.54) is 6.08 Å². The molecule has 0 atom stereocenters. The summed E-state index contributed by atoms with van der Waals surface area (Å²) < 4.78 is 0. The molecule has 3 aromatic carbocycles. The van der Waals surface area contributed by atoms with Crippen LogP contribution < -0.4 is 0 Å². The number of carboxylic acid groups (broad SMARTS) is 1. The summed E-state index contributed by atoms with van der Waals surface area (Å²) in [5.41, 5.74) is 2.52. The molecule has 0 saturated carbocycles. The number of hydrogen-bond acceptors (Lipinski definition) is 1. The summed E-state index contributed by atoms with van der Waals surface area (Å²) in [7, 11) is 0. The fraction of sp³-hybridized carbons (Fsp3) is 0. The first-order valence-corrected chi connectivity index (χ1v) is 6.73. The highest BCUT2D eigenvalue weighted by Gasteiger charge is 2.07. The third-order valence-electron chi connectivity index (χ3n) is 3.41. The molecule has 0 amide bonds. The molecule has 0 aliphatic rings. The van der Waals surface area contributed by atoms with Crippen molar-refractivity contribution in [1.82, 2.24) is 0 Å². The van der Waals surface area contributed by atoms with Gasteiger partial charge in [-0.2, -0.15) is 0 Å². The first-order valence-electron chi connectivity index (χ1n) is 6.73. The molecule has 21 heavy (non-hydrogen) atoms. The SMILES string of the molecule is O=C(O)C=C(c1ccccc1)c1ccc2ccccc2c1. The molecule has 0 spiro atoms. The highest BCUT2D eigenvalue weighted by molar-refractivity contribution is 5.97. The molecular formula is C19H14O2. The van der Waals surface area contributed by atoms with Gasteiger partial charge in [0.2, 0.25) is 0 Å². The van der Waals surface area contributed by atoms with Gasteiger partial charge in [-0.25, -0.2) is 4.79 Å². The van der Waals surface area contributed by atoms with Crippen molar-refractivity contribution in [2.45, 2.75) is 0 Å². The molecule has 0 aliphatic carbocycles. The first-order chi connectivity index (χ1) is 10.2. The maximum atomic E-state index is 11.1. The maximum absolute atomic E-state index is 11.1. The molecule has 3 aromatic rings. The average Bonchev–Trinajstić information content (AvgIpc) is 2.53. The minimum atomic E-state index is -0.943. The van der Waals surface area contributed by atoms with E-state index in [9.17, 15) is 4.79 Å². The fourth-order valence-corrected chi connectivity index (χ4v) is 2.43. The average molecular weight is 274 g/mol. The van der Waals surface area contributed by atoms with Gasteiger partial charge in [-0.1, -0.05) is 66.7 Å². The van der Waals surface area contributed by atoms with Gasteiger partial charge < -0.3 is 5.11 Å². The Bertz CT molecular complexity index is 817. The van der Waals surface area contributed by atoms with Crippen molar-refractivity contribution in [3.8, 4) is 0 Å². The maximum Gasteiger partial charge on any atom is 0.328 e. The number of rotatable bonds is 3. The van der Waals surface area contributed by atoms with Crippen molar-refractivity contribution in [3.63, 3.8) is 0 Å². The van der Waals surface area contributed by atoms with E-state index in [0.717, 1.165) is 21.9 Å². The Morgan fingerprint density at radius 2 is 1.43 bits per heavy atom. The van der Waals surface area contributed by atoms with Crippen LogP contribution in [0.1, 0.15) is 11.1 Å². The molecule has 0 fully saturated rings. The van der Waals surface area contributed by atoms with Crippen LogP contribution in [0.15, 0.2) is 78.9 Å². The van der Waals surface area contributed by atoms with Crippen molar-refractivity contribution in [2.75, 3.05) is 0 Å². The van der Waals surface area contributed by atoms with Crippen molar-refractivity contribution in [3.05, 3.63) is 90.0 Å². The van der Waals surface area contributed by atoms with Crippen LogP contribution in [0.4, 0.5) is 0 Å². The van der Waals surface area contributed by atoms with Crippen LogP contribution >= 0.6 is 0 Å². The van der Waals surface area contributed by atoms with Gasteiger partial charge in [-0.05, 0) is 33.5 Å². The summed E-state index contributed by atoms with van der Waals surface area (Å²) in [6.45, 7) is 0. The minimum absolute atomic E-state index is 0.717. The molecule has 0 saturated heterocycles. The molecule has 102 valence electrons. The zero-order chi connectivity index (χ0) is 14.7. The smallest absolute Gasteiger partial charge is 0.328 e. The quantitative estimate of drug-likeness (QED) is 0.721. The molecule has 0 aliphatic heterocycles. The van der Waals surface area contributed by atoms with Gasteiger partial charge in [0, 0.05) is 6.08 Å². The topological polar surface area (TPSA) is 37.3 Å². The van der Waals surface area contributed by atoms with E-state index in [0.29, 0.717) is 5.57 Å². The summed E-state index contributed by atoms with van der Waals surface area (Å²) >= 11 is 0. The summed E-state index contributed by atoms with van der Waals surface area (Å²) in [6, 6.07) is 23.6. The first kappa shape index (κ1) is 13.1. The molecule has 3 rings (SSSR count). The van der Waals surface area contributed by atoms with Gasteiger partial charge in [0.25, 0.3) is 0 Å². The highest BCUT2D eigenvalue weighted by atomic mass is 16.4. The van der Waals surface area contributed by atoms with Crippen LogP contribution in [-0.4, -0.2) is 11.1 Å². The minimum Gasteiger partial charge on any atom is -0.478 e. The van der Waals surface area contributed by atoms with Gasteiger partial charge in [-0.3, -0.25) is 0 Å². The van der Waals surface area contributed by atoms with Crippen LogP contribution in [0.25, 0.3) is 16.3 Å². The number of carbonyl (C=O) groups is 1. The van der Waals surface area contributed by atoms with Gasteiger partial charge in [0.15, 0.2) is 0 Å². The standard InChI is InChI=1S/C19H14O2/c20-19(21)13-18(15-7-2-1-3-8-15)17-11-10-14-6-4-5-9-16(14)12-17/h1-13H,(H,20,21).